The lowest BCUT2D eigenvalue weighted by Gasteiger charge is -2.34. The maximum Gasteiger partial charge on any atom is 0.157 e. The van der Waals surface area contributed by atoms with Gasteiger partial charge in [0, 0.05) is 16.8 Å². The Morgan fingerprint density at radius 1 is 1.33 bits per heavy atom. The average molecular weight is 267 g/mol. The van der Waals surface area contributed by atoms with Crippen LogP contribution in [0.15, 0.2) is 0 Å². The largest absolute Gasteiger partial charge is 0.432 e. The molecule has 1 saturated heterocycles. The summed E-state index contributed by atoms with van der Waals surface area (Å²) in [6.07, 6.45) is 3.69. The van der Waals surface area contributed by atoms with Crippen LogP contribution in [0, 0.1) is 0 Å². The standard InChI is InChI=1S/C14H22N2OS/c1-10(2)14-15-12-4-3-11(9-13(12)18-14)16-5-7-17-8-6-16/h10-11H,3-9H2,1-2H3/p+1. The molecule has 0 spiro atoms. The number of fused-ring (bicyclic) bond motifs is 1. The van der Waals surface area contributed by atoms with Gasteiger partial charge in [-0.15, -0.1) is 11.3 Å². The van der Waals surface area contributed by atoms with Crippen molar-refractivity contribution in [2.75, 3.05) is 26.3 Å². The minimum absolute atomic E-state index is 0.577. The molecule has 1 aromatic rings. The van der Waals surface area contributed by atoms with Crippen LogP contribution in [0.4, 0.5) is 0 Å². The summed E-state index contributed by atoms with van der Waals surface area (Å²) in [7, 11) is 0. The molecule has 1 aliphatic carbocycles. The summed E-state index contributed by atoms with van der Waals surface area (Å²) in [5.74, 6) is 0.577. The molecule has 2 heterocycles. The van der Waals surface area contributed by atoms with Crippen LogP contribution in [0.1, 0.15) is 41.8 Å². The number of hydrogen-bond donors (Lipinski definition) is 0. The molecule has 0 amide bonds. The molecule has 3 rings (SSSR count). The van der Waals surface area contributed by atoms with Crippen molar-refractivity contribution in [1.29, 1.82) is 0 Å². The summed E-state index contributed by atoms with van der Waals surface area (Å²) >= 11 is 1.95. The quantitative estimate of drug-likeness (QED) is 0.767. The number of thiazole rings is 1. The Balaban J connectivity index is 1.71. The number of ether oxygens (including phenoxy) is 1. The number of aromatic nitrogens is 1. The van der Waals surface area contributed by atoms with E-state index in [0.29, 0.717) is 5.92 Å². The van der Waals surface area contributed by atoms with Crippen LogP contribution in [0.25, 0.3) is 0 Å². The number of aliphatic hydroxyl groups is 2. The van der Waals surface area contributed by atoms with E-state index >= 15 is 0 Å². The fourth-order valence-electron chi connectivity index (χ4n) is 2.92. The van der Waals surface area contributed by atoms with Crippen molar-refractivity contribution >= 4 is 11.3 Å². The zero-order chi connectivity index (χ0) is 12.5. The SMILES string of the molecule is CC(C)c1nc2c(s1)CC(N1CC[OH+]CC1)CC2. The first-order valence-corrected chi connectivity index (χ1v) is 7.91. The van der Waals surface area contributed by atoms with Crippen LogP contribution in [0.5, 0.6) is 0 Å². The second-order valence-corrected chi connectivity index (χ2v) is 6.80. The Labute approximate surface area is 113 Å². The van der Waals surface area contributed by atoms with Crippen molar-refractivity contribution in [2.24, 2.45) is 0 Å². The monoisotopic (exact) mass is 267 g/mol. The average Bonchev–Trinajstić information content (AvgIpc) is 2.82. The molecule has 1 aromatic heterocycles. The van der Waals surface area contributed by atoms with E-state index in [1.165, 1.54) is 30.0 Å². The Kier molecular flexibility index (Phi) is 3.68. The fourth-order valence-corrected chi connectivity index (χ4v) is 4.11. The van der Waals surface area contributed by atoms with Crippen molar-refractivity contribution in [3.63, 3.8) is 0 Å². The zero-order valence-corrected chi connectivity index (χ0v) is 12.2. The van der Waals surface area contributed by atoms with E-state index in [4.69, 9.17) is 4.98 Å². The van der Waals surface area contributed by atoms with Crippen molar-refractivity contribution < 1.29 is 4.74 Å². The second-order valence-electron chi connectivity index (χ2n) is 5.68. The predicted octanol–water partition coefficient (Wildman–Crippen LogP) is 1.97. The summed E-state index contributed by atoms with van der Waals surface area (Å²) in [5, 5.41) is 1.33. The van der Waals surface area contributed by atoms with Gasteiger partial charge in [-0.2, -0.15) is 0 Å². The topological polar surface area (TPSA) is 28.9 Å². The zero-order valence-electron chi connectivity index (χ0n) is 11.4. The van der Waals surface area contributed by atoms with E-state index < -0.39 is 0 Å². The normalized spacial score (nSPS) is 25.4. The van der Waals surface area contributed by atoms with Crippen molar-refractivity contribution in [3.8, 4) is 0 Å². The molecule has 1 fully saturated rings. The maximum absolute atomic E-state index is 4.81. The van der Waals surface area contributed by atoms with Gasteiger partial charge in [0.05, 0.1) is 23.8 Å². The van der Waals surface area contributed by atoms with Crippen LogP contribution in [-0.4, -0.2) is 47.0 Å². The van der Waals surface area contributed by atoms with Gasteiger partial charge >= 0.3 is 0 Å². The highest BCUT2D eigenvalue weighted by atomic mass is 32.1. The molecule has 0 radical (unpaired) electrons. The highest BCUT2D eigenvalue weighted by Gasteiger charge is 2.29. The first kappa shape index (κ1) is 12.6. The van der Waals surface area contributed by atoms with Crippen LogP contribution in [-0.2, 0) is 12.8 Å². The summed E-state index contributed by atoms with van der Waals surface area (Å²) in [6.45, 7) is 8.88. The van der Waals surface area contributed by atoms with Gasteiger partial charge < -0.3 is 4.74 Å². The predicted molar refractivity (Wildman–Crippen MR) is 75.5 cm³/mol. The molecule has 0 aromatic carbocycles. The van der Waals surface area contributed by atoms with Crippen molar-refractivity contribution in [3.05, 3.63) is 15.6 Å². The number of nitrogens with zero attached hydrogens (tertiary/aromatic N) is 2. The lowest BCUT2D eigenvalue weighted by Crippen LogP contribution is -2.46. The Hall–Kier alpha value is -0.450. The van der Waals surface area contributed by atoms with Gasteiger partial charge in [-0.05, 0) is 19.3 Å². The Morgan fingerprint density at radius 2 is 2.11 bits per heavy atom. The fraction of sp³-hybridized carbons (Fsp3) is 0.786. The Morgan fingerprint density at radius 3 is 2.83 bits per heavy atom. The summed E-state index contributed by atoms with van der Waals surface area (Å²) in [4.78, 5) is 9.01. The number of rotatable bonds is 2. The minimum Gasteiger partial charge on any atom is -0.432 e. The highest BCUT2D eigenvalue weighted by Crippen LogP contribution is 2.32. The molecule has 18 heavy (non-hydrogen) atoms. The van der Waals surface area contributed by atoms with Crippen molar-refractivity contribution in [1.82, 2.24) is 9.88 Å². The van der Waals surface area contributed by atoms with E-state index in [9.17, 15) is 0 Å². The van der Waals surface area contributed by atoms with Gasteiger partial charge in [0.15, 0.2) is 13.2 Å². The first-order valence-electron chi connectivity index (χ1n) is 7.10. The van der Waals surface area contributed by atoms with Crippen LogP contribution in [0.3, 0.4) is 0 Å². The third-order valence-electron chi connectivity index (χ3n) is 4.03. The molecule has 1 unspecified atom stereocenters. The number of aryl methyl sites for hydroxylation is 1. The summed E-state index contributed by atoms with van der Waals surface area (Å²) in [6, 6.07) is 0.744. The third-order valence-corrected chi connectivity index (χ3v) is 5.45. The third kappa shape index (κ3) is 2.46. The van der Waals surface area contributed by atoms with Crippen LogP contribution < -0.4 is 0 Å². The molecule has 0 bridgehead atoms. The smallest absolute Gasteiger partial charge is 0.157 e. The lowest BCUT2D eigenvalue weighted by atomic mass is 9.96. The van der Waals surface area contributed by atoms with Gasteiger partial charge in [0.2, 0.25) is 0 Å². The number of hydrogen-bond acceptors (Lipinski definition) is 3. The maximum atomic E-state index is 4.81. The molecule has 1 aliphatic heterocycles. The molecule has 0 saturated carbocycles. The van der Waals surface area contributed by atoms with E-state index in [-0.39, 0.29) is 0 Å². The van der Waals surface area contributed by atoms with Crippen molar-refractivity contribution in [2.45, 2.75) is 45.1 Å². The molecule has 100 valence electrons. The molecule has 4 heteroatoms. The van der Waals surface area contributed by atoms with Gasteiger partial charge in [-0.25, -0.2) is 4.98 Å². The van der Waals surface area contributed by atoms with Crippen LogP contribution >= 0.6 is 11.3 Å². The Bertz CT molecular complexity index is 410. The summed E-state index contributed by atoms with van der Waals surface area (Å²) < 4.78 is 4.44. The molecular formula is C14H23N2OS+. The molecule has 1 N–H and O–H groups in total. The highest BCUT2D eigenvalue weighted by molar-refractivity contribution is 7.11. The van der Waals surface area contributed by atoms with E-state index in [1.54, 1.807) is 4.88 Å². The van der Waals surface area contributed by atoms with E-state index in [2.05, 4.69) is 23.5 Å². The van der Waals surface area contributed by atoms with Gasteiger partial charge in [0.25, 0.3) is 0 Å². The molecule has 2 aliphatic rings. The van der Waals surface area contributed by atoms with Gasteiger partial charge in [-0.1, -0.05) is 13.8 Å². The van der Waals surface area contributed by atoms with E-state index in [0.717, 1.165) is 32.3 Å². The van der Waals surface area contributed by atoms with Gasteiger partial charge in [0.1, 0.15) is 0 Å². The first-order chi connectivity index (χ1) is 8.74. The van der Waals surface area contributed by atoms with Gasteiger partial charge in [-0.3, -0.25) is 4.90 Å². The number of morpholine rings is 1. The molecule has 3 nitrogen and oxygen atoms in total. The van der Waals surface area contributed by atoms with Crippen LogP contribution in [0.2, 0.25) is 0 Å². The molecule has 1 atom stereocenters. The van der Waals surface area contributed by atoms with E-state index in [1.807, 2.05) is 11.3 Å². The lowest BCUT2D eigenvalue weighted by molar-refractivity contribution is -0.100. The molecular weight excluding hydrogens is 244 g/mol. The minimum atomic E-state index is 0.577. The second kappa shape index (κ2) is 5.27. The summed E-state index contributed by atoms with van der Waals surface area (Å²) in [5.41, 5.74) is 1.39.